The second-order valence-corrected chi connectivity index (χ2v) is 8.57. The molecule has 1 heterocycles. The molecule has 1 atom stereocenters. The van der Waals surface area contributed by atoms with Crippen LogP contribution in [0.3, 0.4) is 0 Å². The van der Waals surface area contributed by atoms with Gasteiger partial charge in [0.1, 0.15) is 5.75 Å². The fourth-order valence-corrected chi connectivity index (χ4v) is 4.11. The van der Waals surface area contributed by atoms with Crippen LogP contribution in [0.15, 0.2) is 23.2 Å². The Morgan fingerprint density at radius 1 is 1.26 bits per heavy atom. The fourth-order valence-electron chi connectivity index (χ4n) is 4.11. The molecule has 0 radical (unpaired) electrons. The van der Waals surface area contributed by atoms with Gasteiger partial charge in [-0.2, -0.15) is 0 Å². The standard InChI is InChI=1S/C22H33N3O2/c1-16-3-4-18(20(11-16)27-14-17-7-10-26-13-17)12-24-21(23-2)25-15-22(8-9-22)19-5-6-19/h3-4,11,17,19H,5-10,12-15H2,1-2H3,(H2,23,24,25). The Kier molecular flexibility index (Phi) is 5.58. The molecule has 5 heteroatoms. The first kappa shape index (κ1) is 18.6. The van der Waals surface area contributed by atoms with Crippen molar-refractivity contribution in [1.82, 2.24) is 10.6 Å². The Morgan fingerprint density at radius 3 is 2.78 bits per heavy atom. The molecule has 1 aromatic carbocycles. The normalized spacial score (nSPS) is 23.9. The lowest BCUT2D eigenvalue weighted by Crippen LogP contribution is -2.40. The van der Waals surface area contributed by atoms with Crippen LogP contribution in [-0.2, 0) is 11.3 Å². The van der Waals surface area contributed by atoms with E-state index in [2.05, 4.69) is 40.7 Å². The van der Waals surface area contributed by atoms with E-state index in [0.29, 0.717) is 17.9 Å². The summed E-state index contributed by atoms with van der Waals surface area (Å²) in [7, 11) is 1.85. The van der Waals surface area contributed by atoms with E-state index in [1.807, 2.05) is 7.05 Å². The van der Waals surface area contributed by atoms with Crippen LogP contribution in [-0.4, -0.2) is 39.4 Å². The van der Waals surface area contributed by atoms with Gasteiger partial charge in [0.05, 0.1) is 13.2 Å². The van der Waals surface area contributed by atoms with Gasteiger partial charge < -0.3 is 20.1 Å². The molecule has 0 aromatic heterocycles. The number of guanidine groups is 1. The number of nitrogens with zero attached hydrogens (tertiary/aromatic N) is 1. The van der Waals surface area contributed by atoms with Gasteiger partial charge in [0.25, 0.3) is 0 Å². The van der Waals surface area contributed by atoms with Gasteiger partial charge in [0, 0.05) is 38.2 Å². The van der Waals surface area contributed by atoms with Gasteiger partial charge in [-0.1, -0.05) is 12.1 Å². The summed E-state index contributed by atoms with van der Waals surface area (Å²) < 4.78 is 11.6. The highest BCUT2D eigenvalue weighted by molar-refractivity contribution is 5.79. The average molecular weight is 372 g/mol. The summed E-state index contributed by atoms with van der Waals surface area (Å²) >= 11 is 0. The van der Waals surface area contributed by atoms with Gasteiger partial charge in [0.2, 0.25) is 0 Å². The number of hydrogen-bond donors (Lipinski definition) is 2. The number of rotatable bonds is 8. The maximum Gasteiger partial charge on any atom is 0.191 e. The van der Waals surface area contributed by atoms with Crippen LogP contribution in [0.25, 0.3) is 0 Å². The van der Waals surface area contributed by atoms with Gasteiger partial charge in [-0.05, 0) is 62.0 Å². The van der Waals surface area contributed by atoms with Crippen molar-refractivity contribution < 1.29 is 9.47 Å². The second kappa shape index (κ2) is 8.09. The molecule has 0 amide bonds. The summed E-state index contributed by atoms with van der Waals surface area (Å²) in [6.07, 6.45) is 6.69. The number of aryl methyl sites for hydroxylation is 1. The van der Waals surface area contributed by atoms with E-state index in [1.54, 1.807) is 0 Å². The van der Waals surface area contributed by atoms with Gasteiger partial charge in [-0.15, -0.1) is 0 Å². The van der Waals surface area contributed by atoms with E-state index >= 15 is 0 Å². The van der Waals surface area contributed by atoms with Crippen LogP contribution in [0.4, 0.5) is 0 Å². The minimum Gasteiger partial charge on any atom is -0.493 e. The third-order valence-electron chi connectivity index (χ3n) is 6.33. The van der Waals surface area contributed by atoms with Gasteiger partial charge >= 0.3 is 0 Å². The summed E-state index contributed by atoms with van der Waals surface area (Å²) in [6.45, 7) is 6.28. The zero-order valence-corrected chi connectivity index (χ0v) is 16.7. The summed E-state index contributed by atoms with van der Waals surface area (Å²) in [5.74, 6) is 3.33. The second-order valence-electron chi connectivity index (χ2n) is 8.57. The topological polar surface area (TPSA) is 54.9 Å². The minimum atomic E-state index is 0.512. The highest BCUT2D eigenvalue weighted by atomic mass is 16.5. The molecule has 3 aliphatic rings. The van der Waals surface area contributed by atoms with E-state index in [0.717, 1.165) is 50.4 Å². The average Bonchev–Trinajstić information content (AvgIpc) is 3.60. The van der Waals surface area contributed by atoms with Crippen molar-refractivity contribution in [2.45, 2.75) is 45.6 Å². The van der Waals surface area contributed by atoms with Crippen LogP contribution in [0.5, 0.6) is 5.75 Å². The van der Waals surface area contributed by atoms with Crippen LogP contribution in [0, 0.1) is 24.2 Å². The van der Waals surface area contributed by atoms with Gasteiger partial charge in [-0.3, -0.25) is 4.99 Å². The summed E-state index contributed by atoms with van der Waals surface area (Å²) in [4.78, 5) is 4.41. The highest BCUT2D eigenvalue weighted by Crippen LogP contribution is 2.60. The zero-order chi connectivity index (χ0) is 18.7. The quantitative estimate of drug-likeness (QED) is 0.544. The van der Waals surface area contributed by atoms with Gasteiger partial charge in [-0.25, -0.2) is 0 Å². The summed E-state index contributed by atoms with van der Waals surface area (Å²) in [5.41, 5.74) is 2.96. The molecule has 3 fully saturated rings. The van der Waals surface area contributed by atoms with E-state index < -0.39 is 0 Å². The number of nitrogens with one attached hydrogen (secondary N) is 2. The molecule has 1 aromatic rings. The lowest BCUT2D eigenvalue weighted by molar-refractivity contribution is 0.166. The van der Waals surface area contributed by atoms with E-state index in [-0.39, 0.29) is 0 Å². The molecule has 27 heavy (non-hydrogen) atoms. The maximum absolute atomic E-state index is 6.15. The Labute approximate surface area is 162 Å². The Hall–Kier alpha value is -1.75. The maximum atomic E-state index is 6.15. The third kappa shape index (κ3) is 4.75. The molecule has 0 bridgehead atoms. The number of ether oxygens (including phenoxy) is 2. The smallest absolute Gasteiger partial charge is 0.191 e. The molecule has 2 saturated carbocycles. The Morgan fingerprint density at radius 2 is 2.11 bits per heavy atom. The SMILES string of the molecule is CN=C(NCc1ccc(C)cc1OCC1CCOC1)NCC1(C2CC2)CC1. The molecular formula is C22H33N3O2. The Balaban J connectivity index is 1.30. The first-order valence-electron chi connectivity index (χ1n) is 10.4. The van der Waals surface area contributed by atoms with Crippen molar-refractivity contribution in [1.29, 1.82) is 0 Å². The van der Waals surface area contributed by atoms with Crippen molar-refractivity contribution in [3.05, 3.63) is 29.3 Å². The van der Waals surface area contributed by atoms with Gasteiger partial charge in [0.15, 0.2) is 5.96 Å². The first-order valence-corrected chi connectivity index (χ1v) is 10.4. The predicted molar refractivity (Wildman–Crippen MR) is 108 cm³/mol. The molecule has 1 saturated heterocycles. The first-order chi connectivity index (χ1) is 13.2. The van der Waals surface area contributed by atoms with Crippen molar-refractivity contribution in [2.24, 2.45) is 22.2 Å². The van der Waals surface area contributed by atoms with Crippen molar-refractivity contribution in [3.8, 4) is 5.75 Å². The van der Waals surface area contributed by atoms with Crippen LogP contribution >= 0.6 is 0 Å². The highest BCUT2D eigenvalue weighted by Gasteiger charge is 2.53. The minimum absolute atomic E-state index is 0.512. The fraction of sp³-hybridized carbons (Fsp3) is 0.682. The molecule has 2 aliphatic carbocycles. The molecular weight excluding hydrogens is 338 g/mol. The summed E-state index contributed by atoms with van der Waals surface area (Å²) in [6, 6.07) is 6.43. The number of hydrogen-bond acceptors (Lipinski definition) is 3. The lowest BCUT2D eigenvalue weighted by atomic mass is 10.0. The van der Waals surface area contributed by atoms with E-state index in [1.165, 1.54) is 36.8 Å². The van der Waals surface area contributed by atoms with E-state index in [4.69, 9.17) is 9.47 Å². The Bertz CT molecular complexity index is 674. The largest absolute Gasteiger partial charge is 0.493 e. The van der Waals surface area contributed by atoms with Crippen molar-refractivity contribution in [3.63, 3.8) is 0 Å². The molecule has 5 nitrogen and oxygen atoms in total. The zero-order valence-electron chi connectivity index (χ0n) is 16.7. The molecule has 4 rings (SSSR count). The molecule has 2 N–H and O–H groups in total. The lowest BCUT2D eigenvalue weighted by Gasteiger charge is -2.19. The third-order valence-corrected chi connectivity index (χ3v) is 6.33. The summed E-state index contributed by atoms with van der Waals surface area (Å²) in [5, 5.41) is 7.02. The van der Waals surface area contributed by atoms with Crippen LogP contribution in [0.1, 0.15) is 43.2 Å². The van der Waals surface area contributed by atoms with E-state index in [9.17, 15) is 0 Å². The molecule has 0 spiro atoms. The van der Waals surface area contributed by atoms with Crippen molar-refractivity contribution in [2.75, 3.05) is 33.4 Å². The van der Waals surface area contributed by atoms with Crippen LogP contribution in [0.2, 0.25) is 0 Å². The molecule has 148 valence electrons. The van der Waals surface area contributed by atoms with Crippen LogP contribution < -0.4 is 15.4 Å². The van der Waals surface area contributed by atoms with Crippen molar-refractivity contribution >= 4 is 5.96 Å². The number of aliphatic imine (C=N–C) groups is 1. The molecule has 1 unspecified atom stereocenters. The monoisotopic (exact) mass is 371 g/mol. The number of benzene rings is 1. The predicted octanol–water partition coefficient (Wildman–Crippen LogP) is 3.27. The molecule has 1 aliphatic heterocycles.